The maximum Gasteiger partial charge on any atom is 0.224 e. The summed E-state index contributed by atoms with van der Waals surface area (Å²) in [6.07, 6.45) is 1.11. The zero-order chi connectivity index (χ0) is 15.0. The molecule has 1 amide bonds. The van der Waals surface area contributed by atoms with Gasteiger partial charge in [-0.2, -0.15) is 0 Å². The highest BCUT2D eigenvalue weighted by Gasteiger charge is 2.17. The number of amides is 1. The molecule has 0 atom stereocenters. The summed E-state index contributed by atoms with van der Waals surface area (Å²) in [5.74, 6) is 0.406. The van der Waals surface area contributed by atoms with Crippen LogP contribution in [0.1, 0.15) is 17.5 Å². The van der Waals surface area contributed by atoms with Crippen LogP contribution in [0.15, 0.2) is 30.3 Å². The zero-order valence-electron chi connectivity index (χ0n) is 11.6. The van der Waals surface area contributed by atoms with Gasteiger partial charge in [0.1, 0.15) is 11.6 Å². The molecule has 3 N–H and O–H groups in total. The van der Waals surface area contributed by atoms with Gasteiger partial charge < -0.3 is 15.8 Å². The van der Waals surface area contributed by atoms with Crippen molar-refractivity contribution in [2.75, 3.05) is 11.1 Å². The number of fused-ring (bicyclic) bond motifs is 1. The summed E-state index contributed by atoms with van der Waals surface area (Å²) < 4.78 is 19.2. The second-order valence-corrected chi connectivity index (χ2v) is 5.11. The Hall–Kier alpha value is -2.56. The lowest BCUT2D eigenvalue weighted by Gasteiger charge is -2.19. The van der Waals surface area contributed by atoms with Crippen LogP contribution in [-0.2, 0) is 11.2 Å². The molecule has 0 radical (unpaired) electrons. The van der Waals surface area contributed by atoms with Gasteiger partial charge in [0.25, 0.3) is 0 Å². The number of benzene rings is 2. The molecular formula is C16H15FN2O2. The number of nitrogens with two attached hydrogens (primary N) is 1. The summed E-state index contributed by atoms with van der Waals surface area (Å²) in [7, 11) is 0. The molecule has 0 aromatic heterocycles. The third kappa shape index (κ3) is 2.67. The average Bonchev–Trinajstić information content (AvgIpc) is 2.44. The van der Waals surface area contributed by atoms with E-state index in [-0.39, 0.29) is 11.7 Å². The maximum atomic E-state index is 13.5. The van der Waals surface area contributed by atoms with Crippen LogP contribution in [0, 0.1) is 12.7 Å². The number of nitrogen functional groups attached to an aromatic ring is 1. The predicted octanol–water partition coefficient (Wildman–Crippen LogP) is 3.39. The number of carbonyl (C=O) groups is 1. The van der Waals surface area contributed by atoms with Crippen LogP contribution in [-0.4, -0.2) is 5.91 Å². The number of anilines is 2. The van der Waals surface area contributed by atoms with E-state index in [1.807, 2.05) is 0 Å². The first-order chi connectivity index (χ1) is 10.0. The minimum absolute atomic E-state index is 0.0281. The van der Waals surface area contributed by atoms with E-state index in [1.165, 1.54) is 6.07 Å². The molecule has 0 spiro atoms. The molecule has 0 aliphatic carbocycles. The Labute approximate surface area is 121 Å². The molecule has 0 saturated heterocycles. The highest BCUT2D eigenvalue weighted by atomic mass is 19.1. The highest BCUT2D eigenvalue weighted by molar-refractivity contribution is 5.94. The lowest BCUT2D eigenvalue weighted by Crippen LogP contribution is -2.19. The van der Waals surface area contributed by atoms with Crippen LogP contribution in [0.5, 0.6) is 11.5 Å². The first kappa shape index (κ1) is 13.4. The topological polar surface area (TPSA) is 64.3 Å². The van der Waals surface area contributed by atoms with Crippen LogP contribution in [0.25, 0.3) is 0 Å². The Morgan fingerprint density at radius 3 is 2.81 bits per heavy atom. The van der Waals surface area contributed by atoms with Gasteiger partial charge in [0.05, 0.1) is 5.69 Å². The van der Waals surface area contributed by atoms with E-state index < -0.39 is 0 Å². The monoisotopic (exact) mass is 286 g/mol. The quantitative estimate of drug-likeness (QED) is 0.832. The first-order valence-electron chi connectivity index (χ1n) is 6.69. The van der Waals surface area contributed by atoms with Crippen molar-refractivity contribution in [1.82, 2.24) is 0 Å². The molecule has 4 nitrogen and oxygen atoms in total. The van der Waals surface area contributed by atoms with Gasteiger partial charge in [0.15, 0.2) is 5.75 Å². The fourth-order valence-electron chi connectivity index (χ4n) is 2.28. The number of rotatable bonds is 2. The molecule has 3 rings (SSSR count). The zero-order valence-corrected chi connectivity index (χ0v) is 11.6. The molecule has 0 bridgehead atoms. The third-order valence-corrected chi connectivity index (χ3v) is 3.50. The fraction of sp³-hybridized carbons (Fsp3) is 0.188. The third-order valence-electron chi connectivity index (χ3n) is 3.50. The molecule has 108 valence electrons. The summed E-state index contributed by atoms with van der Waals surface area (Å²) >= 11 is 0. The number of nitrogens with one attached hydrogen (secondary N) is 1. The average molecular weight is 286 g/mol. The molecule has 21 heavy (non-hydrogen) atoms. The van der Waals surface area contributed by atoms with Gasteiger partial charge in [-0.1, -0.05) is 6.07 Å². The van der Waals surface area contributed by atoms with Crippen LogP contribution < -0.4 is 15.8 Å². The Morgan fingerprint density at radius 2 is 2.05 bits per heavy atom. The summed E-state index contributed by atoms with van der Waals surface area (Å²) in [6, 6.07) is 8.10. The van der Waals surface area contributed by atoms with E-state index >= 15 is 0 Å². The summed E-state index contributed by atoms with van der Waals surface area (Å²) in [6.45, 7) is 1.68. The van der Waals surface area contributed by atoms with Crippen LogP contribution in [0.4, 0.5) is 15.8 Å². The van der Waals surface area contributed by atoms with Crippen molar-refractivity contribution in [3.8, 4) is 11.5 Å². The van der Waals surface area contributed by atoms with Crippen molar-refractivity contribution in [3.05, 3.63) is 47.3 Å². The molecule has 2 aromatic rings. The molecule has 1 aliphatic heterocycles. The van der Waals surface area contributed by atoms with E-state index in [9.17, 15) is 9.18 Å². The van der Waals surface area contributed by atoms with Crippen molar-refractivity contribution < 1.29 is 13.9 Å². The summed E-state index contributed by atoms with van der Waals surface area (Å²) in [5, 5.41) is 2.79. The first-order valence-corrected chi connectivity index (χ1v) is 6.69. The minimum atomic E-state index is -0.336. The Bertz CT molecular complexity index is 728. The molecule has 0 fully saturated rings. The number of hydrogen-bond donors (Lipinski definition) is 2. The standard InChI is InChI=1S/C16H15FN2O2/c1-9-2-4-11(7-12(9)17)21-15-8-14-10(6-13(15)18)3-5-16(20)19-14/h2,4,6-8H,3,5,18H2,1H3,(H,19,20). The smallest absolute Gasteiger partial charge is 0.224 e. The lowest BCUT2D eigenvalue weighted by molar-refractivity contribution is -0.116. The van der Waals surface area contributed by atoms with Crippen LogP contribution in [0.2, 0.25) is 0 Å². The molecule has 5 heteroatoms. The van der Waals surface area contributed by atoms with Crippen LogP contribution >= 0.6 is 0 Å². The Balaban J connectivity index is 1.93. The van der Waals surface area contributed by atoms with Crippen molar-refractivity contribution >= 4 is 17.3 Å². The maximum absolute atomic E-state index is 13.5. The Kier molecular flexibility index (Phi) is 3.25. The van der Waals surface area contributed by atoms with Crippen LogP contribution in [0.3, 0.4) is 0 Å². The predicted molar refractivity (Wildman–Crippen MR) is 79.0 cm³/mol. The van der Waals surface area contributed by atoms with Gasteiger partial charge >= 0.3 is 0 Å². The fourth-order valence-corrected chi connectivity index (χ4v) is 2.28. The number of carbonyl (C=O) groups excluding carboxylic acids is 1. The van der Waals surface area contributed by atoms with Crippen molar-refractivity contribution in [1.29, 1.82) is 0 Å². The Morgan fingerprint density at radius 1 is 1.24 bits per heavy atom. The lowest BCUT2D eigenvalue weighted by atomic mass is 10.0. The van der Waals surface area contributed by atoms with E-state index in [1.54, 1.807) is 31.2 Å². The van der Waals surface area contributed by atoms with E-state index in [0.29, 0.717) is 41.3 Å². The number of aryl methyl sites for hydroxylation is 2. The largest absolute Gasteiger partial charge is 0.455 e. The number of halogens is 1. The van der Waals surface area contributed by atoms with Crippen molar-refractivity contribution in [2.24, 2.45) is 0 Å². The minimum Gasteiger partial charge on any atom is -0.455 e. The molecule has 0 unspecified atom stereocenters. The number of ether oxygens (including phenoxy) is 1. The summed E-state index contributed by atoms with van der Waals surface area (Å²) in [5.41, 5.74) is 8.65. The second kappa shape index (κ2) is 5.09. The molecule has 1 heterocycles. The van der Waals surface area contributed by atoms with Gasteiger partial charge in [0, 0.05) is 24.2 Å². The van der Waals surface area contributed by atoms with Crippen molar-refractivity contribution in [2.45, 2.75) is 19.8 Å². The van der Waals surface area contributed by atoms with Crippen molar-refractivity contribution in [3.63, 3.8) is 0 Å². The van der Waals surface area contributed by atoms with Gasteiger partial charge in [-0.15, -0.1) is 0 Å². The molecular weight excluding hydrogens is 271 g/mol. The normalized spacial score (nSPS) is 13.5. The van der Waals surface area contributed by atoms with Gasteiger partial charge in [-0.3, -0.25) is 4.79 Å². The van der Waals surface area contributed by atoms with E-state index in [0.717, 1.165) is 5.56 Å². The van der Waals surface area contributed by atoms with E-state index in [2.05, 4.69) is 5.32 Å². The highest BCUT2D eigenvalue weighted by Crippen LogP contribution is 2.35. The van der Waals surface area contributed by atoms with Gasteiger partial charge in [-0.05, 0) is 36.6 Å². The van der Waals surface area contributed by atoms with Gasteiger partial charge in [0.2, 0.25) is 5.91 Å². The molecule has 1 aliphatic rings. The summed E-state index contributed by atoms with van der Waals surface area (Å²) in [4.78, 5) is 11.4. The van der Waals surface area contributed by atoms with Gasteiger partial charge in [-0.25, -0.2) is 4.39 Å². The number of hydrogen-bond acceptors (Lipinski definition) is 3. The molecule has 2 aromatic carbocycles. The second-order valence-electron chi connectivity index (χ2n) is 5.11. The van der Waals surface area contributed by atoms with E-state index in [4.69, 9.17) is 10.5 Å². The SMILES string of the molecule is Cc1ccc(Oc2cc3c(cc2N)CCC(=O)N3)cc1F. The molecule has 0 saturated carbocycles.